The fourth-order valence-electron chi connectivity index (χ4n) is 2.13. The van der Waals surface area contributed by atoms with Crippen molar-refractivity contribution < 1.29 is 4.79 Å². The van der Waals surface area contributed by atoms with Crippen LogP contribution >= 0.6 is 0 Å². The van der Waals surface area contributed by atoms with Gasteiger partial charge in [0.1, 0.15) is 0 Å². The first-order chi connectivity index (χ1) is 9.24. The van der Waals surface area contributed by atoms with Gasteiger partial charge in [0.05, 0.1) is 6.54 Å². The van der Waals surface area contributed by atoms with E-state index in [4.69, 9.17) is 0 Å². The summed E-state index contributed by atoms with van der Waals surface area (Å²) < 4.78 is 0. The van der Waals surface area contributed by atoms with Crippen LogP contribution in [0.3, 0.4) is 0 Å². The summed E-state index contributed by atoms with van der Waals surface area (Å²) in [6.07, 6.45) is 4.37. The van der Waals surface area contributed by atoms with Crippen LogP contribution in [0.1, 0.15) is 32.6 Å². The maximum absolute atomic E-state index is 11.6. The minimum atomic E-state index is -0.102. The van der Waals surface area contributed by atoms with E-state index in [1.165, 1.54) is 12.8 Å². The number of benzene rings is 1. The summed E-state index contributed by atoms with van der Waals surface area (Å²) in [5, 5.41) is 7.26. The topological polar surface area (TPSA) is 53.5 Å². The van der Waals surface area contributed by atoms with Gasteiger partial charge in [0.15, 0.2) is 0 Å². The molecular weight excluding hydrogens is 238 g/mol. The second kappa shape index (κ2) is 6.92. The number of nitrogens with zero attached hydrogens (tertiary/aromatic N) is 1. The third-order valence-electron chi connectivity index (χ3n) is 3.42. The quantitative estimate of drug-likeness (QED) is 0.817. The van der Waals surface area contributed by atoms with Crippen LogP contribution in [-0.2, 0) is 4.79 Å². The maximum Gasteiger partial charge on any atom is 0.259 e. The Balaban J connectivity index is 1.71. The molecule has 0 bridgehead atoms. The predicted molar refractivity (Wildman–Crippen MR) is 78.1 cm³/mol. The SMILES string of the molecule is CC1CCC(=NNC(=O)CNc2ccccc2)CC1. The molecule has 0 heterocycles. The van der Waals surface area contributed by atoms with Crippen molar-refractivity contribution in [3.8, 4) is 0 Å². The number of amides is 1. The molecule has 4 nitrogen and oxygen atoms in total. The zero-order chi connectivity index (χ0) is 13.5. The van der Waals surface area contributed by atoms with Crippen molar-refractivity contribution in [3.05, 3.63) is 30.3 Å². The Morgan fingerprint density at radius 3 is 2.63 bits per heavy atom. The highest BCUT2D eigenvalue weighted by Crippen LogP contribution is 2.20. The Labute approximate surface area is 114 Å². The Morgan fingerprint density at radius 2 is 1.95 bits per heavy atom. The molecule has 19 heavy (non-hydrogen) atoms. The summed E-state index contributed by atoms with van der Waals surface area (Å²) in [5.41, 5.74) is 4.68. The Kier molecular flexibility index (Phi) is 4.95. The summed E-state index contributed by atoms with van der Waals surface area (Å²) in [5.74, 6) is 0.685. The minimum Gasteiger partial charge on any atom is -0.376 e. The molecule has 2 N–H and O–H groups in total. The van der Waals surface area contributed by atoms with Gasteiger partial charge < -0.3 is 5.32 Å². The second-order valence-electron chi connectivity index (χ2n) is 5.12. The van der Waals surface area contributed by atoms with Crippen molar-refractivity contribution in [1.29, 1.82) is 0 Å². The molecule has 0 saturated heterocycles. The van der Waals surface area contributed by atoms with Gasteiger partial charge in [0, 0.05) is 11.4 Å². The number of para-hydroxylation sites is 1. The first kappa shape index (κ1) is 13.6. The molecule has 1 fully saturated rings. The number of hydrazone groups is 1. The number of anilines is 1. The van der Waals surface area contributed by atoms with Crippen LogP contribution in [0.15, 0.2) is 35.4 Å². The number of rotatable bonds is 4. The second-order valence-corrected chi connectivity index (χ2v) is 5.12. The zero-order valence-electron chi connectivity index (χ0n) is 11.4. The smallest absolute Gasteiger partial charge is 0.259 e. The number of carbonyl (C=O) groups is 1. The molecule has 0 unspecified atom stereocenters. The van der Waals surface area contributed by atoms with Gasteiger partial charge >= 0.3 is 0 Å². The van der Waals surface area contributed by atoms with E-state index in [9.17, 15) is 4.79 Å². The van der Waals surface area contributed by atoms with Crippen molar-refractivity contribution in [2.75, 3.05) is 11.9 Å². The van der Waals surface area contributed by atoms with E-state index >= 15 is 0 Å². The number of nitrogens with one attached hydrogen (secondary N) is 2. The first-order valence-electron chi connectivity index (χ1n) is 6.87. The van der Waals surface area contributed by atoms with Crippen molar-refractivity contribution in [3.63, 3.8) is 0 Å². The van der Waals surface area contributed by atoms with Gasteiger partial charge in [0.2, 0.25) is 0 Å². The van der Waals surface area contributed by atoms with E-state index in [2.05, 4.69) is 22.8 Å². The lowest BCUT2D eigenvalue weighted by molar-refractivity contribution is -0.119. The molecule has 0 aromatic heterocycles. The summed E-state index contributed by atoms with van der Waals surface area (Å²) in [7, 11) is 0. The monoisotopic (exact) mass is 259 g/mol. The molecule has 102 valence electrons. The Bertz CT molecular complexity index is 432. The van der Waals surface area contributed by atoms with Crippen molar-refractivity contribution >= 4 is 17.3 Å². The summed E-state index contributed by atoms with van der Waals surface area (Å²) in [4.78, 5) is 11.6. The van der Waals surface area contributed by atoms with E-state index < -0.39 is 0 Å². The fraction of sp³-hybridized carbons (Fsp3) is 0.467. The normalized spacial score (nSPS) is 18.8. The van der Waals surface area contributed by atoms with Gasteiger partial charge in [-0.2, -0.15) is 5.10 Å². The zero-order valence-corrected chi connectivity index (χ0v) is 11.4. The van der Waals surface area contributed by atoms with Gasteiger partial charge in [-0.15, -0.1) is 0 Å². The van der Waals surface area contributed by atoms with Crippen LogP contribution in [0.25, 0.3) is 0 Å². The molecule has 1 aliphatic carbocycles. The molecule has 1 amide bonds. The molecule has 2 rings (SSSR count). The van der Waals surface area contributed by atoms with Crippen molar-refractivity contribution in [2.45, 2.75) is 32.6 Å². The average molecular weight is 259 g/mol. The molecule has 4 heteroatoms. The molecule has 0 radical (unpaired) electrons. The van der Waals surface area contributed by atoms with Crippen LogP contribution in [0.4, 0.5) is 5.69 Å². The number of carbonyl (C=O) groups excluding carboxylic acids is 1. The molecule has 0 aliphatic heterocycles. The Hall–Kier alpha value is -1.84. The van der Waals surface area contributed by atoms with Gasteiger partial charge in [0.25, 0.3) is 5.91 Å². The molecular formula is C15H21N3O. The van der Waals surface area contributed by atoms with E-state index in [-0.39, 0.29) is 12.5 Å². The van der Waals surface area contributed by atoms with Gasteiger partial charge in [-0.05, 0) is 43.7 Å². The standard InChI is InChI=1S/C15H21N3O/c1-12-7-9-14(10-8-12)17-18-15(19)11-16-13-5-3-2-4-6-13/h2-6,12,16H,7-11H2,1H3,(H,18,19). The lowest BCUT2D eigenvalue weighted by Gasteiger charge is -2.18. The number of hydrogen-bond acceptors (Lipinski definition) is 3. The lowest BCUT2D eigenvalue weighted by Crippen LogP contribution is -2.27. The van der Waals surface area contributed by atoms with E-state index in [0.717, 1.165) is 30.2 Å². The predicted octanol–water partition coefficient (Wildman–Crippen LogP) is 2.78. The lowest BCUT2D eigenvalue weighted by atomic mass is 9.90. The first-order valence-corrected chi connectivity index (χ1v) is 6.87. The average Bonchev–Trinajstić information content (AvgIpc) is 2.45. The highest BCUT2D eigenvalue weighted by atomic mass is 16.2. The van der Waals surface area contributed by atoms with E-state index in [1.54, 1.807) is 0 Å². The van der Waals surface area contributed by atoms with E-state index in [0.29, 0.717) is 0 Å². The summed E-state index contributed by atoms with van der Waals surface area (Å²) >= 11 is 0. The minimum absolute atomic E-state index is 0.102. The summed E-state index contributed by atoms with van der Waals surface area (Å²) in [6.45, 7) is 2.51. The molecule has 1 aliphatic rings. The molecule has 0 atom stereocenters. The van der Waals surface area contributed by atoms with Crippen LogP contribution in [-0.4, -0.2) is 18.2 Å². The van der Waals surface area contributed by atoms with Crippen molar-refractivity contribution in [2.24, 2.45) is 11.0 Å². The molecule has 1 aromatic rings. The highest BCUT2D eigenvalue weighted by Gasteiger charge is 2.13. The van der Waals surface area contributed by atoms with Crippen molar-refractivity contribution in [1.82, 2.24) is 5.43 Å². The fourth-order valence-corrected chi connectivity index (χ4v) is 2.13. The maximum atomic E-state index is 11.6. The van der Waals surface area contributed by atoms with Gasteiger partial charge in [-0.3, -0.25) is 4.79 Å². The van der Waals surface area contributed by atoms with Gasteiger partial charge in [-0.25, -0.2) is 5.43 Å². The van der Waals surface area contributed by atoms with Crippen LogP contribution in [0.5, 0.6) is 0 Å². The third kappa shape index (κ3) is 4.73. The van der Waals surface area contributed by atoms with Gasteiger partial charge in [-0.1, -0.05) is 25.1 Å². The molecule has 1 saturated carbocycles. The van der Waals surface area contributed by atoms with Crippen LogP contribution < -0.4 is 10.7 Å². The highest BCUT2D eigenvalue weighted by molar-refractivity contribution is 5.87. The van der Waals surface area contributed by atoms with Crippen LogP contribution in [0, 0.1) is 5.92 Å². The number of hydrogen-bond donors (Lipinski definition) is 2. The van der Waals surface area contributed by atoms with E-state index in [1.807, 2.05) is 30.3 Å². The largest absolute Gasteiger partial charge is 0.376 e. The third-order valence-corrected chi connectivity index (χ3v) is 3.42. The summed E-state index contributed by atoms with van der Waals surface area (Å²) in [6, 6.07) is 9.68. The Morgan fingerprint density at radius 1 is 1.26 bits per heavy atom. The molecule has 1 aromatic carbocycles. The molecule has 0 spiro atoms. The van der Waals surface area contributed by atoms with Crippen LogP contribution in [0.2, 0.25) is 0 Å².